The Labute approximate surface area is 321 Å². The number of pyridine rings is 2. The van der Waals surface area contributed by atoms with Crippen molar-refractivity contribution in [3.63, 3.8) is 0 Å². The third kappa shape index (κ3) is 6.12. The van der Waals surface area contributed by atoms with Gasteiger partial charge in [-0.2, -0.15) is 5.26 Å². The van der Waals surface area contributed by atoms with Crippen LogP contribution in [0.15, 0.2) is 144 Å². The molecule has 0 amide bonds. The Kier molecular flexibility index (Phi) is 6.81. The average molecular weight is 845 g/mol. The van der Waals surface area contributed by atoms with Crippen LogP contribution in [0.2, 0.25) is 0 Å². The molecule has 0 aliphatic rings. The van der Waals surface area contributed by atoms with E-state index in [-0.39, 0.29) is 64.2 Å². The Morgan fingerprint density at radius 2 is 1.45 bits per heavy atom. The molecule has 0 aliphatic heterocycles. The zero-order chi connectivity index (χ0) is 41.2. The van der Waals surface area contributed by atoms with Crippen LogP contribution in [-0.2, 0) is 25.5 Å². The first-order valence-corrected chi connectivity index (χ1v) is 15.9. The summed E-state index contributed by atoms with van der Waals surface area (Å²) in [6.45, 7) is 6.58. The molecule has 4 aromatic heterocycles. The first kappa shape index (κ1) is 25.1. The van der Waals surface area contributed by atoms with Gasteiger partial charge in [-0.1, -0.05) is 98.3 Å². The van der Waals surface area contributed by atoms with Crippen LogP contribution in [0.4, 0.5) is 0 Å². The normalized spacial score (nSPS) is 13.5. The minimum absolute atomic E-state index is 0. The number of hydrogen-bond donors (Lipinski definition) is 0. The molecule has 1 radical (unpaired) electrons. The molecule has 0 bridgehead atoms. The number of para-hydroxylation sites is 2. The van der Waals surface area contributed by atoms with E-state index in [2.05, 4.69) is 61.1 Å². The Balaban J connectivity index is 0.000000262. The van der Waals surface area contributed by atoms with Crippen LogP contribution in [0.1, 0.15) is 42.9 Å². The molecule has 0 unspecified atom stereocenters. The van der Waals surface area contributed by atoms with E-state index >= 15 is 0 Å². The smallest absolute Gasteiger partial charge is 0.146 e. The second-order valence-corrected chi connectivity index (χ2v) is 12.6. The number of fused-ring (bicyclic) bond motifs is 6. The molecule has 0 spiro atoms. The molecule has 5 nitrogen and oxygen atoms in total. The molecule has 0 fully saturated rings. The molecule has 0 saturated heterocycles. The van der Waals surface area contributed by atoms with Crippen molar-refractivity contribution in [2.45, 2.75) is 26.2 Å². The Morgan fingerprint density at radius 1 is 0.725 bits per heavy atom. The fraction of sp³-hybridized carbons (Fsp3) is 0.0889. The molecule has 51 heavy (non-hydrogen) atoms. The van der Waals surface area contributed by atoms with Crippen LogP contribution in [0.5, 0.6) is 0 Å². The summed E-state index contributed by atoms with van der Waals surface area (Å²) in [7, 11) is 0. The van der Waals surface area contributed by atoms with Crippen molar-refractivity contribution in [2.24, 2.45) is 0 Å². The van der Waals surface area contributed by atoms with E-state index in [1.807, 2.05) is 36.5 Å². The average Bonchev–Trinajstić information content (AvgIpc) is 3.80. The SMILES string of the molecule is CC(C)(C)c1ccc(-c2[c-]cccc2)nc1.[2H]c1c([2H])c([2H])c2c(c1[2H])c1c([2H])c([2H])c([2H])c([2H])c1n2-c1c(C#N)ccc2c1oc1c(-c3ccccn3)[c-]ccc12.[Ir]. The first-order chi connectivity index (χ1) is 27.7. The number of benzene rings is 5. The van der Waals surface area contributed by atoms with Gasteiger partial charge in [-0.3, -0.25) is 0 Å². The van der Waals surface area contributed by atoms with Gasteiger partial charge < -0.3 is 19.0 Å². The maximum Gasteiger partial charge on any atom is 0.146 e. The summed E-state index contributed by atoms with van der Waals surface area (Å²) in [5.74, 6) is 0. The minimum atomic E-state index is -0.547. The summed E-state index contributed by atoms with van der Waals surface area (Å²) in [5, 5.41) is 11.4. The quantitative estimate of drug-likeness (QED) is 0.166. The van der Waals surface area contributed by atoms with Crippen molar-refractivity contribution in [3.8, 4) is 34.3 Å². The molecular formula is C45H32IrN4O-2. The molecule has 0 aliphatic carbocycles. The van der Waals surface area contributed by atoms with Crippen LogP contribution in [0.25, 0.3) is 71.9 Å². The number of aromatic nitrogens is 3. The molecule has 6 heteroatoms. The standard InChI is InChI=1S/C30H16N3O.C15H16N.Ir/c31-18-19-15-16-23-22-10-7-11-24(25-12-5-6-17-32-25)29(22)34-30(23)28(19)33-26-13-3-1-8-20(26)21-9-2-4-14-27(21)33;1-15(2,3)13-9-10-14(16-11-13)12-7-5-4-6-8-12;/h1-10,12-17H;4-7,9-11H,1-3H3;/q2*-1;/i1D,2D,3D,4D,8D,9D,13D,14D;;. The van der Waals surface area contributed by atoms with Gasteiger partial charge in [0, 0.05) is 48.7 Å². The van der Waals surface area contributed by atoms with Crippen molar-refractivity contribution >= 4 is 43.7 Å². The molecule has 9 aromatic rings. The molecule has 0 atom stereocenters. The number of nitrogens with zero attached hydrogens (tertiary/aromatic N) is 4. The van der Waals surface area contributed by atoms with E-state index in [1.54, 1.807) is 42.6 Å². The Hall–Kier alpha value is -5.86. The van der Waals surface area contributed by atoms with Crippen molar-refractivity contribution in [1.82, 2.24) is 14.5 Å². The topological polar surface area (TPSA) is 67.6 Å². The molecule has 0 saturated carbocycles. The van der Waals surface area contributed by atoms with Crippen LogP contribution >= 0.6 is 0 Å². The van der Waals surface area contributed by atoms with Crippen LogP contribution < -0.4 is 0 Å². The van der Waals surface area contributed by atoms with E-state index in [1.165, 1.54) is 10.1 Å². The van der Waals surface area contributed by atoms with Crippen LogP contribution in [0, 0.1) is 23.5 Å². The summed E-state index contributed by atoms with van der Waals surface area (Å²) in [5.41, 5.74) is 5.20. The van der Waals surface area contributed by atoms with Gasteiger partial charge in [0.25, 0.3) is 0 Å². The number of nitriles is 1. The summed E-state index contributed by atoms with van der Waals surface area (Å²) >= 11 is 0. The van der Waals surface area contributed by atoms with Gasteiger partial charge in [-0.05, 0) is 46.6 Å². The number of hydrogen-bond acceptors (Lipinski definition) is 4. The predicted molar refractivity (Wildman–Crippen MR) is 202 cm³/mol. The maximum absolute atomic E-state index is 10.3. The van der Waals surface area contributed by atoms with Gasteiger partial charge in [0.1, 0.15) is 17.3 Å². The summed E-state index contributed by atoms with van der Waals surface area (Å²) in [6.07, 6.45) is 3.60. The number of rotatable bonds is 3. The second kappa shape index (κ2) is 13.8. The summed E-state index contributed by atoms with van der Waals surface area (Å²) < 4.78 is 76.2. The van der Waals surface area contributed by atoms with Gasteiger partial charge in [0.05, 0.1) is 33.1 Å². The molecule has 5 aromatic carbocycles. The van der Waals surface area contributed by atoms with E-state index in [0.29, 0.717) is 27.6 Å². The molecule has 4 heterocycles. The Morgan fingerprint density at radius 3 is 2.08 bits per heavy atom. The van der Waals surface area contributed by atoms with Crippen molar-refractivity contribution in [1.29, 1.82) is 5.26 Å². The third-order valence-corrected chi connectivity index (χ3v) is 8.49. The minimum Gasteiger partial charge on any atom is -0.498 e. The summed E-state index contributed by atoms with van der Waals surface area (Å²) in [4.78, 5) is 8.90. The Bertz CT molecular complexity index is 3060. The van der Waals surface area contributed by atoms with E-state index in [4.69, 9.17) is 15.4 Å². The molecule has 9 rings (SSSR count). The van der Waals surface area contributed by atoms with Gasteiger partial charge >= 0.3 is 0 Å². The summed E-state index contributed by atoms with van der Waals surface area (Å²) in [6, 6.07) is 28.8. The predicted octanol–water partition coefficient (Wildman–Crippen LogP) is 11.3. The van der Waals surface area contributed by atoms with Crippen molar-refractivity contribution in [3.05, 3.63) is 163 Å². The van der Waals surface area contributed by atoms with Crippen molar-refractivity contribution < 1.29 is 35.5 Å². The van der Waals surface area contributed by atoms with Crippen LogP contribution in [-0.4, -0.2) is 14.5 Å². The van der Waals surface area contributed by atoms with E-state index < -0.39 is 48.3 Å². The zero-order valence-corrected chi connectivity index (χ0v) is 30.1. The third-order valence-electron chi connectivity index (χ3n) is 8.49. The monoisotopic (exact) mass is 845 g/mol. The fourth-order valence-electron chi connectivity index (χ4n) is 6.00. The van der Waals surface area contributed by atoms with Crippen molar-refractivity contribution in [2.75, 3.05) is 0 Å². The molecular weight excluding hydrogens is 805 g/mol. The van der Waals surface area contributed by atoms with Crippen LogP contribution in [0.3, 0.4) is 0 Å². The largest absolute Gasteiger partial charge is 0.498 e. The fourth-order valence-corrected chi connectivity index (χ4v) is 6.00. The van der Waals surface area contributed by atoms with Gasteiger partial charge in [-0.25, -0.2) is 0 Å². The number of furan rings is 1. The van der Waals surface area contributed by atoms with E-state index in [0.717, 1.165) is 11.3 Å². The molecule has 249 valence electrons. The maximum atomic E-state index is 10.3. The zero-order valence-electron chi connectivity index (χ0n) is 35.7. The van der Waals surface area contributed by atoms with E-state index in [9.17, 15) is 5.26 Å². The molecule has 0 N–H and O–H groups in total. The van der Waals surface area contributed by atoms with Gasteiger partial charge in [-0.15, -0.1) is 54.1 Å². The van der Waals surface area contributed by atoms with Gasteiger partial charge in [0.15, 0.2) is 0 Å². The first-order valence-electron chi connectivity index (χ1n) is 19.9. The second-order valence-electron chi connectivity index (χ2n) is 12.6. The van der Waals surface area contributed by atoms with Gasteiger partial charge in [0.2, 0.25) is 0 Å².